The standard InChI is InChI=1S/C14H23N3O5S/c1-6-9(2)12(14(19)20)15-13(18)11-7-10(8-17(11)5)23(21,22)16(3)4/h7-9,12H,6H2,1-5H3,(H,15,18)(H,19,20)/t9-,12-/m0/s1. The maximum atomic E-state index is 12.3. The monoisotopic (exact) mass is 345 g/mol. The molecule has 0 aliphatic heterocycles. The second kappa shape index (κ2) is 7.14. The third-order valence-electron chi connectivity index (χ3n) is 3.76. The number of amides is 1. The zero-order valence-electron chi connectivity index (χ0n) is 13.9. The number of hydrogen-bond donors (Lipinski definition) is 2. The van der Waals surface area contributed by atoms with Gasteiger partial charge in [0.1, 0.15) is 16.6 Å². The predicted octanol–water partition coefficient (Wildman–Crippen LogP) is 0.505. The SMILES string of the molecule is CC[C@H](C)[C@H](NC(=O)c1cc(S(=O)(=O)N(C)C)cn1C)C(=O)O. The van der Waals surface area contributed by atoms with E-state index < -0.39 is 27.9 Å². The van der Waals surface area contributed by atoms with Crippen LogP contribution in [0.3, 0.4) is 0 Å². The Morgan fingerprint density at radius 3 is 2.39 bits per heavy atom. The van der Waals surface area contributed by atoms with Crippen LogP contribution in [0.5, 0.6) is 0 Å². The van der Waals surface area contributed by atoms with Crippen LogP contribution in [0.25, 0.3) is 0 Å². The first kappa shape index (κ1) is 19.2. The van der Waals surface area contributed by atoms with Crippen LogP contribution < -0.4 is 5.32 Å². The van der Waals surface area contributed by atoms with Crippen molar-refractivity contribution in [1.82, 2.24) is 14.2 Å². The van der Waals surface area contributed by atoms with Crippen molar-refractivity contribution < 1.29 is 23.1 Å². The number of nitrogens with zero attached hydrogens (tertiary/aromatic N) is 2. The van der Waals surface area contributed by atoms with E-state index in [2.05, 4.69) is 5.32 Å². The van der Waals surface area contributed by atoms with E-state index in [-0.39, 0.29) is 16.5 Å². The normalized spacial score (nSPS) is 14.5. The van der Waals surface area contributed by atoms with Crippen LogP contribution in [-0.2, 0) is 21.9 Å². The van der Waals surface area contributed by atoms with E-state index in [4.69, 9.17) is 0 Å². The minimum absolute atomic E-state index is 0.0226. The second-order valence-electron chi connectivity index (χ2n) is 5.63. The topological polar surface area (TPSA) is 109 Å². The molecule has 1 heterocycles. The van der Waals surface area contributed by atoms with Crippen molar-refractivity contribution in [1.29, 1.82) is 0 Å². The summed E-state index contributed by atoms with van der Waals surface area (Å²) in [5.74, 6) is -2.00. The number of hydrogen-bond acceptors (Lipinski definition) is 4. The maximum Gasteiger partial charge on any atom is 0.326 e. The van der Waals surface area contributed by atoms with Gasteiger partial charge in [0.05, 0.1) is 0 Å². The molecule has 23 heavy (non-hydrogen) atoms. The Kier molecular flexibility index (Phi) is 5.95. The Hall–Kier alpha value is -1.87. The Morgan fingerprint density at radius 2 is 1.96 bits per heavy atom. The summed E-state index contributed by atoms with van der Waals surface area (Å²) in [4.78, 5) is 23.6. The first-order chi connectivity index (χ1) is 10.5. The number of aliphatic carboxylic acids is 1. The summed E-state index contributed by atoms with van der Waals surface area (Å²) in [6, 6.07) is 0.205. The molecule has 1 aromatic heterocycles. The van der Waals surface area contributed by atoms with Crippen LogP contribution in [-0.4, -0.2) is 54.4 Å². The second-order valence-corrected chi connectivity index (χ2v) is 7.79. The lowest BCUT2D eigenvalue weighted by atomic mass is 9.99. The maximum absolute atomic E-state index is 12.3. The molecular weight excluding hydrogens is 322 g/mol. The zero-order chi connectivity index (χ0) is 17.9. The summed E-state index contributed by atoms with van der Waals surface area (Å²) in [6.07, 6.45) is 1.91. The van der Waals surface area contributed by atoms with E-state index >= 15 is 0 Å². The van der Waals surface area contributed by atoms with Gasteiger partial charge in [-0.3, -0.25) is 4.79 Å². The Balaban J connectivity index is 3.11. The van der Waals surface area contributed by atoms with Crippen molar-refractivity contribution >= 4 is 21.9 Å². The van der Waals surface area contributed by atoms with Gasteiger partial charge in [-0.1, -0.05) is 20.3 Å². The van der Waals surface area contributed by atoms with E-state index in [9.17, 15) is 23.1 Å². The third kappa shape index (κ3) is 4.11. The van der Waals surface area contributed by atoms with Crippen LogP contribution in [0, 0.1) is 5.92 Å². The molecule has 130 valence electrons. The average Bonchev–Trinajstić information content (AvgIpc) is 2.85. The van der Waals surface area contributed by atoms with Crippen molar-refractivity contribution in [3.63, 3.8) is 0 Å². The lowest BCUT2D eigenvalue weighted by Crippen LogP contribution is -2.45. The van der Waals surface area contributed by atoms with Crippen LogP contribution in [0.1, 0.15) is 30.8 Å². The van der Waals surface area contributed by atoms with Gasteiger partial charge in [-0.25, -0.2) is 17.5 Å². The summed E-state index contributed by atoms with van der Waals surface area (Å²) in [5, 5.41) is 11.7. The largest absolute Gasteiger partial charge is 0.480 e. The number of carboxylic acid groups (broad SMARTS) is 1. The lowest BCUT2D eigenvalue weighted by molar-refractivity contribution is -0.140. The van der Waals surface area contributed by atoms with E-state index in [0.717, 1.165) is 4.31 Å². The molecule has 0 aromatic carbocycles. The fraction of sp³-hybridized carbons (Fsp3) is 0.571. The van der Waals surface area contributed by atoms with E-state index in [0.29, 0.717) is 6.42 Å². The van der Waals surface area contributed by atoms with Gasteiger partial charge < -0.3 is 15.0 Å². The molecule has 0 aliphatic carbocycles. The van der Waals surface area contributed by atoms with Gasteiger partial charge in [-0.15, -0.1) is 0 Å². The third-order valence-corrected chi connectivity index (χ3v) is 5.54. The Bertz CT molecular complexity index is 693. The quantitative estimate of drug-likeness (QED) is 0.748. The highest BCUT2D eigenvalue weighted by Gasteiger charge is 2.28. The highest BCUT2D eigenvalue weighted by Crippen LogP contribution is 2.17. The van der Waals surface area contributed by atoms with Crippen LogP contribution in [0.2, 0.25) is 0 Å². The number of carbonyl (C=O) groups excluding carboxylic acids is 1. The molecule has 0 fully saturated rings. The predicted molar refractivity (Wildman–Crippen MR) is 84.6 cm³/mol. The molecule has 2 atom stereocenters. The van der Waals surface area contributed by atoms with Gasteiger partial charge in [0.15, 0.2) is 0 Å². The summed E-state index contributed by atoms with van der Waals surface area (Å²) < 4.78 is 26.6. The first-order valence-corrected chi connectivity index (χ1v) is 8.58. The molecule has 0 saturated carbocycles. The van der Waals surface area contributed by atoms with E-state index in [1.165, 1.54) is 38.0 Å². The van der Waals surface area contributed by atoms with E-state index in [1.54, 1.807) is 6.92 Å². The molecule has 8 nitrogen and oxygen atoms in total. The molecule has 0 radical (unpaired) electrons. The van der Waals surface area contributed by atoms with Gasteiger partial charge in [0, 0.05) is 27.3 Å². The molecule has 0 saturated heterocycles. The Morgan fingerprint density at radius 1 is 1.39 bits per heavy atom. The summed E-state index contributed by atoms with van der Waals surface area (Å²) in [5.41, 5.74) is 0.0833. The van der Waals surface area contributed by atoms with Crippen molar-refractivity contribution in [3.05, 3.63) is 18.0 Å². The van der Waals surface area contributed by atoms with Gasteiger partial charge in [-0.2, -0.15) is 0 Å². The number of aromatic nitrogens is 1. The van der Waals surface area contributed by atoms with Gasteiger partial charge in [0.25, 0.3) is 5.91 Å². The lowest BCUT2D eigenvalue weighted by Gasteiger charge is -2.20. The molecule has 2 N–H and O–H groups in total. The molecule has 0 spiro atoms. The molecule has 1 amide bonds. The summed E-state index contributed by atoms with van der Waals surface area (Å²) in [7, 11) is 0.657. The fourth-order valence-electron chi connectivity index (χ4n) is 2.01. The molecule has 1 rings (SSSR count). The van der Waals surface area contributed by atoms with Crippen molar-refractivity contribution in [3.8, 4) is 0 Å². The number of rotatable bonds is 7. The van der Waals surface area contributed by atoms with Gasteiger partial charge in [-0.05, 0) is 12.0 Å². The number of sulfonamides is 1. The zero-order valence-corrected chi connectivity index (χ0v) is 14.7. The molecule has 9 heteroatoms. The first-order valence-electron chi connectivity index (χ1n) is 7.14. The van der Waals surface area contributed by atoms with E-state index in [1.807, 2.05) is 6.92 Å². The van der Waals surface area contributed by atoms with Crippen molar-refractivity contribution in [2.75, 3.05) is 14.1 Å². The minimum atomic E-state index is -3.66. The molecular formula is C14H23N3O5S. The van der Waals surface area contributed by atoms with Crippen molar-refractivity contribution in [2.24, 2.45) is 13.0 Å². The number of carbonyl (C=O) groups is 2. The van der Waals surface area contributed by atoms with Gasteiger partial charge >= 0.3 is 5.97 Å². The van der Waals surface area contributed by atoms with Crippen LogP contribution in [0.15, 0.2) is 17.2 Å². The molecule has 1 aromatic rings. The van der Waals surface area contributed by atoms with Gasteiger partial charge in [0.2, 0.25) is 10.0 Å². The molecule has 0 aliphatic rings. The number of carboxylic acids is 1. The highest BCUT2D eigenvalue weighted by atomic mass is 32.2. The van der Waals surface area contributed by atoms with Crippen molar-refractivity contribution in [2.45, 2.75) is 31.2 Å². The highest BCUT2D eigenvalue weighted by molar-refractivity contribution is 7.89. The minimum Gasteiger partial charge on any atom is -0.480 e. The summed E-state index contributed by atoms with van der Waals surface area (Å²) in [6.45, 7) is 3.56. The summed E-state index contributed by atoms with van der Waals surface area (Å²) >= 11 is 0. The van der Waals surface area contributed by atoms with Crippen LogP contribution >= 0.6 is 0 Å². The van der Waals surface area contributed by atoms with Crippen LogP contribution in [0.4, 0.5) is 0 Å². The molecule has 0 bridgehead atoms. The number of nitrogens with one attached hydrogen (secondary N) is 1. The smallest absolute Gasteiger partial charge is 0.326 e. The average molecular weight is 345 g/mol. The number of aryl methyl sites for hydroxylation is 1. The fourth-order valence-corrected chi connectivity index (χ4v) is 2.98. The Labute approximate surface area is 136 Å². The molecule has 0 unspecified atom stereocenters.